The summed E-state index contributed by atoms with van der Waals surface area (Å²) in [6.07, 6.45) is 3.30. The molecule has 0 spiro atoms. The highest BCUT2D eigenvalue weighted by Gasteiger charge is 2.27. The highest BCUT2D eigenvalue weighted by atomic mass is 79.9. The minimum absolute atomic E-state index is 0.632. The van der Waals surface area contributed by atoms with E-state index in [9.17, 15) is 0 Å². The molecule has 0 aliphatic carbocycles. The lowest BCUT2D eigenvalue weighted by Crippen LogP contribution is -2.31. The zero-order valence-electron chi connectivity index (χ0n) is 11.4. The molecule has 0 amide bonds. The average molecular weight is 323 g/mol. The molecule has 0 bridgehead atoms. The Morgan fingerprint density at radius 2 is 2.26 bits per heavy atom. The molecule has 0 saturated carbocycles. The number of hydrogen-bond acceptors (Lipinski definition) is 3. The van der Waals surface area contributed by atoms with E-state index in [0.29, 0.717) is 6.04 Å². The van der Waals surface area contributed by atoms with Crippen molar-refractivity contribution in [1.29, 1.82) is 0 Å². The molecule has 5 heteroatoms. The molecule has 1 saturated heterocycles. The van der Waals surface area contributed by atoms with Crippen molar-refractivity contribution in [1.82, 2.24) is 14.3 Å². The summed E-state index contributed by atoms with van der Waals surface area (Å²) in [5.41, 5.74) is 2.27. The van der Waals surface area contributed by atoms with Crippen LogP contribution in [0.5, 0.6) is 0 Å². The minimum Gasteiger partial charge on any atom is -0.353 e. The normalized spacial score (nSPS) is 19.8. The second-order valence-corrected chi connectivity index (χ2v) is 5.86. The summed E-state index contributed by atoms with van der Waals surface area (Å²) in [4.78, 5) is 9.52. The predicted octanol–water partition coefficient (Wildman–Crippen LogP) is 2.37. The molecular weight excluding hydrogens is 304 g/mol. The lowest BCUT2D eigenvalue weighted by atomic mass is 10.2. The van der Waals surface area contributed by atoms with Crippen molar-refractivity contribution >= 4 is 27.4 Å². The molecule has 1 aliphatic heterocycles. The van der Waals surface area contributed by atoms with Crippen LogP contribution in [0.1, 0.15) is 12.1 Å². The van der Waals surface area contributed by atoms with Gasteiger partial charge in [-0.25, -0.2) is 4.98 Å². The number of rotatable bonds is 3. The lowest BCUT2D eigenvalue weighted by molar-refractivity contribution is 0.315. The molecule has 0 radical (unpaired) electrons. The number of pyridine rings is 1. The Morgan fingerprint density at radius 3 is 2.95 bits per heavy atom. The SMILES string of the molecule is CN(C)C1CCN(c2nc3ccccn3c2CBr)C1. The number of halogens is 1. The topological polar surface area (TPSA) is 23.8 Å². The van der Waals surface area contributed by atoms with Crippen LogP contribution in [-0.4, -0.2) is 47.5 Å². The Kier molecular flexibility index (Phi) is 3.50. The number of anilines is 1. The van der Waals surface area contributed by atoms with Gasteiger partial charge in [-0.2, -0.15) is 0 Å². The summed E-state index contributed by atoms with van der Waals surface area (Å²) >= 11 is 3.60. The molecule has 0 aromatic carbocycles. The zero-order chi connectivity index (χ0) is 13.4. The van der Waals surface area contributed by atoms with Crippen LogP contribution in [-0.2, 0) is 5.33 Å². The van der Waals surface area contributed by atoms with Crippen molar-refractivity contribution in [2.45, 2.75) is 17.8 Å². The molecule has 1 aliphatic rings. The maximum atomic E-state index is 4.80. The van der Waals surface area contributed by atoms with E-state index in [0.717, 1.165) is 29.9 Å². The van der Waals surface area contributed by atoms with Crippen LogP contribution < -0.4 is 4.90 Å². The van der Waals surface area contributed by atoms with Crippen LogP contribution in [0.25, 0.3) is 5.65 Å². The van der Waals surface area contributed by atoms with Gasteiger partial charge in [-0.1, -0.05) is 22.0 Å². The molecule has 2 aromatic rings. The van der Waals surface area contributed by atoms with Gasteiger partial charge in [0.25, 0.3) is 0 Å². The highest BCUT2D eigenvalue weighted by molar-refractivity contribution is 9.08. The molecule has 2 aromatic heterocycles. The lowest BCUT2D eigenvalue weighted by Gasteiger charge is -2.20. The maximum absolute atomic E-state index is 4.80. The summed E-state index contributed by atoms with van der Waals surface area (Å²) < 4.78 is 2.17. The number of nitrogens with zero attached hydrogens (tertiary/aromatic N) is 4. The zero-order valence-corrected chi connectivity index (χ0v) is 13.0. The van der Waals surface area contributed by atoms with E-state index >= 15 is 0 Å². The number of fused-ring (bicyclic) bond motifs is 1. The van der Waals surface area contributed by atoms with Crippen molar-refractivity contribution in [2.75, 3.05) is 32.1 Å². The number of hydrogen-bond donors (Lipinski definition) is 0. The van der Waals surface area contributed by atoms with E-state index in [2.05, 4.69) is 62.6 Å². The molecule has 1 unspecified atom stereocenters. The Hall–Kier alpha value is -1.07. The number of imidazole rings is 1. The molecule has 1 atom stereocenters. The van der Waals surface area contributed by atoms with Crippen LogP contribution in [0.4, 0.5) is 5.82 Å². The van der Waals surface area contributed by atoms with E-state index in [-0.39, 0.29) is 0 Å². The molecule has 3 heterocycles. The third-order valence-electron chi connectivity index (χ3n) is 3.93. The van der Waals surface area contributed by atoms with Gasteiger partial charge in [-0.15, -0.1) is 0 Å². The smallest absolute Gasteiger partial charge is 0.152 e. The quantitative estimate of drug-likeness (QED) is 0.811. The van der Waals surface area contributed by atoms with Gasteiger partial charge < -0.3 is 14.2 Å². The van der Waals surface area contributed by atoms with E-state index in [1.165, 1.54) is 12.1 Å². The van der Waals surface area contributed by atoms with E-state index < -0.39 is 0 Å². The summed E-state index contributed by atoms with van der Waals surface area (Å²) in [7, 11) is 4.31. The van der Waals surface area contributed by atoms with Crippen molar-refractivity contribution in [3.8, 4) is 0 Å². The fraction of sp³-hybridized carbons (Fsp3) is 0.500. The summed E-state index contributed by atoms with van der Waals surface area (Å²) in [6.45, 7) is 2.16. The molecular formula is C14H19BrN4. The fourth-order valence-corrected chi connectivity index (χ4v) is 3.29. The van der Waals surface area contributed by atoms with Gasteiger partial charge in [0.2, 0.25) is 0 Å². The van der Waals surface area contributed by atoms with Crippen molar-refractivity contribution in [3.63, 3.8) is 0 Å². The molecule has 102 valence electrons. The van der Waals surface area contributed by atoms with Crippen LogP contribution in [0.3, 0.4) is 0 Å². The van der Waals surface area contributed by atoms with Gasteiger partial charge in [0, 0.05) is 30.7 Å². The first kappa shape index (κ1) is 12.9. The Labute approximate surface area is 122 Å². The first-order valence-electron chi connectivity index (χ1n) is 6.64. The Morgan fingerprint density at radius 1 is 1.42 bits per heavy atom. The summed E-state index contributed by atoms with van der Waals surface area (Å²) in [6, 6.07) is 6.79. The van der Waals surface area contributed by atoms with E-state index in [1.54, 1.807) is 0 Å². The van der Waals surface area contributed by atoms with Gasteiger partial charge in [0.1, 0.15) is 5.65 Å². The summed E-state index contributed by atoms with van der Waals surface area (Å²) in [5.74, 6) is 1.13. The first-order chi connectivity index (χ1) is 9.20. The van der Waals surface area contributed by atoms with Crippen LogP contribution in [0.15, 0.2) is 24.4 Å². The number of alkyl halides is 1. The fourth-order valence-electron chi connectivity index (χ4n) is 2.77. The van der Waals surface area contributed by atoms with Crippen LogP contribution in [0.2, 0.25) is 0 Å². The maximum Gasteiger partial charge on any atom is 0.152 e. The van der Waals surface area contributed by atoms with Crippen LogP contribution in [0, 0.1) is 0 Å². The minimum atomic E-state index is 0.632. The Balaban J connectivity index is 1.97. The standard InChI is InChI=1S/C14H19BrN4/c1-17(2)11-6-8-18(10-11)14-12(9-15)19-7-4-3-5-13(19)16-14/h3-5,7,11H,6,8-10H2,1-2H3. The van der Waals surface area contributed by atoms with Gasteiger partial charge >= 0.3 is 0 Å². The largest absolute Gasteiger partial charge is 0.353 e. The van der Waals surface area contributed by atoms with Crippen molar-refractivity contribution in [3.05, 3.63) is 30.1 Å². The summed E-state index contributed by atoms with van der Waals surface area (Å²) in [5, 5.41) is 0.830. The first-order valence-corrected chi connectivity index (χ1v) is 7.76. The van der Waals surface area contributed by atoms with Gasteiger partial charge in [-0.3, -0.25) is 0 Å². The molecule has 0 N–H and O–H groups in total. The van der Waals surface area contributed by atoms with E-state index in [1.807, 2.05) is 6.07 Å². The van der Waals surface area contributed by atoms with Crippen molar-refractivity contribution in [2.24, 2.45) is 0 Å². The Bertz CT molecular complexity index is 578. The molecule has 4 nitrogen and oxygen atoms in total. The van der Waals surface area contributed by atoms with Crippen LogP contribution >= 0.6 is 15.9 Å². The third kappa shape index (κ3) is 2.25. The predicted molar refractivity (Wildman–Crippen MR) is 82.1 cm³/mol. The molecule has 1 fully saturated rings. The number of aromatic nitrogens is 2. The van der Waals surface area contributed by atoms with Gasteiger partial charge in [0.15, 0.2) is 5.82 Å². The highest BCUT2D eigenvalue weighted by Crippen LogP contribution is 2.27. The average Bonchev–Trinajstić information content (AvgIpc) is 3.02. The second kappa shape index (κ2) is 5.13. The second-order valence-electron chi connectivity index (χ2n) is 5.30. The van der Waals surface area contributed by atoms with Gasteiger partial charge in [0.05, 0.1) is 5.69 Å². The van der Waals surface area contributed by atoms with E-state index in [4.69, 9.17) is 4.98 Å². The monoisotopic (exact) mass is 322 g/mol. The molecule has 3 rings (SSSR count). The third-order valence-corrected chi connectivity index (χ3v) is 4.46. The number of likely N-dealkylation sites (N-methyl/N-ethyl adjacent to an activating group) is 1. The van der Waals surface area contributed by atoms with Gasteiger partial charge in [-0.05, 0) is 32.6 Å². The molecule has 19 heavy (non-hydrogen) atoms. The van der Waals surface area contributed by atoms with Crippen molar-refractivity contribution < 1.29 is 0 Å².